The fourth-order valence-electron chi connectivity index (χ4n) is 8.74. The molecule has 0 heterocycles. The summed E-state index contributed by atoms with van der Waals surface area (Å²) in [6, 6.07) is 0. The van der Waals surface area contributed by atoms with Crippen molar-refractivity contribution in [3.63, 3.8) is 0 Å². The third kappa shape index (κ3) is 4.25. The van der Waals surface area contributed by atoms with E-state index in [1.807, 2.05) is 0 Å². The fourth-order valence-corrected chi connectivity index (χ4v) is 8.74. The highest BCUT2D eigenvalue weighted by Gasteiger charge is 2.65. The zero-order valence-electron chi connectivity index (χ0n) is 20.7. The number of oxime groups is 1. The number of fused-ring (bicyclic) bond motifs is 5. The summed E-state index contributed by atoms with van der Waals surface area (Å²) in [6.07, 6.45) is 5.60. The second-order valence-electron chi connectivity index (χ2n) is 12.0. The van der Waals surface area contributed by atoms with Crippen molar-refractivity contribution >= 4 is 17.7 Å². The molecule has 0 saturated heterocycles. The maximum atomic E-state index is 11.4. The minimum Gasteiger partial charge on any atom is -0.481 e. The van der Waals surface area contributed by atoms with E-state index in [2.05, 4.69) is 25.9 Å². The Hall–Kier alpha value is -1.67. The first kappa shape index (κ1) is 25.4. The average Bonchev–Trinajstić information content (AvgIpc) is 3.11. The van der Waals surface area contributed by atoms with E-state index in [1.54, 1.807) is 0 Å². The SMILES string of the molecule is C[C@H](CCC(=O)O)[C@H]1CC[C@H]2[C@@H]3[C@H](O)C[C@@H]4C[C@H](O)CC[C@]4(C)[C@H]3C/C(=N/OCC(=O)O)[C@]12C. The lowest BCUT2D eigenvalue weighted by molar-refractivity contribution is -0.151. The first-order chi connectivity index (χ1) is 16.0. The number of rotatable bonds is 7. The number of nitrogens with zero attached hydrogens (tertiary/aromatic N) is 1. The fraction of sp³-hybridized carbons (Fsp3) is 0.885. The van der Waals surface area contributed by atoms with Gasteiger partial charge in [0.2, 0.25) is 6.61 Å². The van der Waals surface area contributed by atoms with Crippen LogP contribution < -0.4 is 0 Å². The third-order valence-corrected chi connectivity index (χ3v) is 10.5. The third-order valence-electron chi connectivity index (χ3n) is 10.5. The van der Waals surface area contributed by atoms with Gasteiger partial charge in [-0.3, -0.25) is 4.79 Å². The lowest BCUT2D eigenvalue weighted by Crippen LogP contribution is -2.61. The number of aliphatic carboxylic acids is 2. The van der Waals surface area contributed by atoms with Crippen LogP contribution in [0.15, 0.2) is 5.16 Å². The van der Waals surface area contributed by atoms with Gasteiger partial charge in [0.1, 0.15) is 0 Å². The van der Waals surface area contributed by atoms with E-state index in [4.69, 9.17) is 9.94 Å². The summed E-state index contributed by atoms with van der Waals surface area (Å²) in [5, 5.41) is 44.5. The van der Waals surface area contributed by atoms with Crippen LogP contribution in [0.25, 0.3) is 0 Å². The minimum atomic E-state index is -1.07. The molecule has 0 radical (unpaired) electrons. The van der Waals surface area contributed by atoms with Crippen molar-refractivity contribution in [2.45, 2.75) is 90.8 Å². The van der Waals surface area contributed by atoms with Crippen LogP contribution in [0.4, 0.5) is 0 Å². The van der Waals surface area contributed by atoms with Crippen LogP contribution in [0.5, 0.6) is 0 Å². The Morgan fingerprint density at radius 3 is 2.50 bits per heavy atom. The van der Waals surface area contributed by atoms with Crippen molar-refractivity contribution in [3.05, 3.63) is 0 Å². The molecule has 0 aromatic carbocycles. The maximum absolute atomic E-state index is 11.4. The van der Waals surface area contributed by atoms with Gasteiger partial charge in [0, 0.05) is 11.8 Å². The minimum absolute atomic E-state index is 0.00889. The summed E-state index contributed by atoms with van der Waals surface area (Å²) in [4.78, 5) is 27.6. The van der Waals surface area contributed by atoms with Crippen LogP contribution in [-0.2, 0) is 14.4 Å². The topological polar surface area (TPSA) is 137 Å². The van der Waals surface area contributed by atoms with Crippen LogP contribution in [0.1, 0.15) is 78.6 Å². The molecule has 0 unspecified atom stereocenters. The van der Waals surface area contributed by atoms with E-state index in [-0.39, 0.29) is 58.9 Å². The van der Waals surface area contributed by atoms with E-state index in [9.17, 15) is 24.9 Å². The van der Waals surface area contributed by atoms with Gasteiger partial charge in [0.15, 0.2) is 0 Å². The molecule has 0 aromatic heterocycles. The quantitative estimate of drug-likeness (QED) is 0.410. The summed E-state index contributed by atoms with van der Waals surface area (Å²) in [7, 11) is 0. The predicted molar refractivity (Wildman–Crippen MR) is 125 cm³/mol. The molecule has 0 bridgehead atoms. The molecule has 0 amide bonds. The molecule has 8 heteroatoms. The van der Waals surface area contributed by atoms with Crippen LogP contribution in [0.2, 0.25) is 0 Å². The Balaban J connectivity index is 1.70. The van der Waals surface area contributed by atoms with Crippen molar-refractivity contribution in [2.75, 3.05) is 6.61 Å². The molecule has 34 heavy (non-hydrogen) atoms. The lowest BCUT2D eigenvalue weighted by Gasteiger charge is -2.62. The molecule has 4 saturated carbocycles. The number of carbonyl (C=O) groups is 2. The van der Waals surface area contributed by atoms with E-state index < -0.39 is 24.6 Å². The lowest BCUT2D eigenvalue weighted by atomic mass is 9.43. The van der Waals surface area contributed by atoms with Crippen molar-refractivity contribution in [1.82, 2.24) is 0 Å². The molecule has 4 N–H and O–H groups in total. The van der Waals surface area contributed by atoms with Crippen molar-refractivity contribution in [1.29, 1.82) is 0 Å². The van der Waals surface area contributed by atoms with E-state index in [1.165, 1.54) is 0 Å². The predicted octanol–water partition coefficient (Wildman–Crippen LogP) is 3.55. The molecule has 4 aliphatic carbocycles. The number of carboxylic acids is 2. The van der Waals surface area contributed by atoms with Gasteiger partial charge < -0.3 is 25.3 Å². The summed E-state index contributed by atoms with van der Waals surface area (Å²) >= 11 is 0. The first-order valence-electron chi connectivity index (χ1n) is 13.0. The van der Waals surface area contributed by atoms with Crippen LogP contribution in [0, 0.1) is 46.3 Å². The Morgan fingerprint density at radius 2 is 1.82 bits per heavy atom. The van der Waals surface area contributed by atoms with E-state index in [0.29, 0.717) is 19.3 Å². The molecule has 0 spiro atoms. The molecule has 192 valence electrons. The van der Waals surface area contributed by atoms with Gasteiger partial charge in [-0.2, -0.15) is 0 Å². The highest BCUT2D eigenvalue weighted by atomic mass is 16.6. The van der Waals surface area contributed by atoms with Crippen molar-refractivity contribution in [3.8, 4) is 0 Å². The largest absolute Gasteiger partial charge is 0.481 e. The molecular weight excluding hydrogens is 438 g/mol. The molecule has 0 aromatic rings. The maximum Gasteiger partial charge on any atom is 0.344 e. The van der Waals surface area contributed by atoms with Gasteiger partial charge in [-0.05, 0) is 92.3 Å². The molecule has 0 aliphatic heterocycles. The van der Waals surface area contributed by atoms with Gasteiger partial charge in [0.05, 0.1) is 17.9 Å². The summed E-state index contributed by atoms with van der Waals surface area (Å²) in [5.41, 5.74) is 0.505. The number of aliphatic hydroxyl groups excluding tert-OH is 2. The van der Waals surface area contributed by atoms with Crippen LogP contribution >= 0.6 is 0 Å². The zero-order valence-corrected chi connectivity index (χ0v) is 20.7. The standard InChI is InChI=1S/C26H41NO7/c1-14(4-7-22(30)31)17-5-6-18-24-19(12-21(26(17,18)3)27-34-13-23(32)33)25(2)9-8-16(28)10-15(25)11-20(24)29/h14-20,24,28-29H,4-13H2,1-3H3,(H,30,31)(H,32,33)/b27-21-/t14-,15+,16-,17-,18+,19+,20-,24+,25+,26-/m1/s1. The van der Waals surface area contributed by atoms with E-state index in [0.717, 1.165) is 37.8 Å². The van der Waals surface area contributed by atoms with Gasteiger partial charge in [-0.25, -0.2) is 4.79 Å². The highest BCUT2D eigenvalue weighted by Crippen LogP contribution is 2.67. The van der Waals surface area contributed by atoms with Gasteiger partial charge in [0.25, 0.3) is 0 Å². The number of aliphatic hydroxyl groups is 2. The average molecular weight is 480 g/mol. The van der Waals surface area contributed by atoms with Crippen LogP contribution in [0.3, 0.4) is 0 Å². The second-order valence-corrected chi connectivity index (χ2v) is 12.0. The molecule has 4 aliphatic rings. The number of hydrogen-bond acceptors (Lipinski definition) is 6. The second kappa shape index (κ2) is 9.41. The van der Waals surface area contributed by atoms with Gasteiger partial charge >= 0.3 is 11.9 Å². The van der Waals surface area contributed by atoms with Gasteiger partial charge in [-0.15, -0.1) is 0 Å². The molecule has 8 nitrogen and oxygen atoms in total. The molecule has 4 fully saturated rings. The summed E-state index contributed by atoms with van der Waals surface area (Å²) < 4.78 is 0. The van der Waals surface area contributed by atoms with Gasteiger partial charge in [-0.1, -0.05) is 25.9 Å². The van der Waals surface area contributed by atoms with Crippen molar-refractivity contribution < 1.29 is 34.9 Å². The molecular formula is C26H41NO7. The molecule has 10 atom stereocenters. The first-order valence-corrected chi connectivity index (χ1v) is 13.0. The summed E-state index contributed by atoms with van der Waals surface area (Å²) in [6.45, 7) is 6.12. The monoisotopic (exact) mass is 479 g/mol. The van der Waals surface area contributed by atoms with Crippen molar-refractivity contribution in [2.24, 2.45) is 51.5 Å². The Bertz CT molecular complexity index is 830. The van der Waals surface area contributed by atoms with E-state index >= 15 is 0 Å². The Kier molecular flexibility index (Phi) is 7.04. The Morgan fingerprint density at radius 1 is 1.09 bits per heavy atom. The van der Waals surface area contributed by atoms with Crippen LogP contribution in [-0.4, -0.2) is 56.9 Å². The summed E-state index contributed by atoms with van der Waals surface area (Å²) in [5.74, 6) is -0.727. The Labute approximate surface area is 201 Å². The molecule has 4 rings (SSSR count). The number of carboxylic acid groups (broad SMARTS) is 2. The highest BCUT2D eigenvalue weighted by molar-refractivity contribution is 5.92. The normalized spacial score (nSPS) is 45.7. The smallest absolute Gasteiger partial charge is 0.344 e. The zero-order chi connectivity index (χ0) is 24.8. The number of hydrogen-bond donors (Lipinski definition) is 4.